The molecule has 2 heteroatoms. The van der Waals surface area contributed by atoms with E-state index in [0.717, 1.165) is 38.6 Å². The average molecular weight is 285 g/mol. The van der Waals surface area contributed by atoms with Gasteiger partial charge in [0.05, 0.1) is 5.54 Å². The summed E-state index contributed by atoms with van der Waals surface area (Å²) in [5.74, 6) is 1.02. The molecule has 0 spiro atoms. The maximum Gasteiger partial charge on any atom is 0.223 e. The topological polar surface area (TPSA) is 20.3 Å². The Morgan fingerprint density at radius 3 is 2.33 bits per heavy atom. The van der Waals surface area contributed by atoms with Crippen LogP contribution in [0.2, 0.25) is 0 Å². The third-order valence-corrected chi connectivity index (χ3v) is 5.94. The molecule has 114 valence electrons. The van der Waals surface area contributed by atoms with E-state index < -0.39 is 0 Å². The summed E-state index contributed by atoms with van der Waals surface area (Å²) in [6.45, 7) is 7.94. The lowest BCUT2D eigenvalue weighted by atomic mass is 9.51. The molecule has 1 saturated heterocycles. The second kappa shape index (κ2) is 5.15. The van der Waals surface area contributed by atoms with Crippen molar-refractivity contribution in [3.05, 3.63) is 35.9 Å². The molecule has 21 heavy (non-hydrogen) atoms. The van der Waals surface area contributed by atoms with E-state index in [1.807, 2.05) is 0 Å². The van der Waals surface area contributed by atoms with Gasteiger partial charge in [-0.2, -0.15) is 0 Å². The SMILES string of the molecule is CC(C)C1(C)CC(c2ccccc2)(N2CCCCC2=O)C1. The number of carbonyl (C=O) groups excluding carboxylic acids is 1. The van der Waals surface area contributed by atoms with E-state index in [4.69, 9.17) is 0 Å². The van der Waals surface area contributed by atoms with Gasteiger partial charge in [0, 0.05) is 13.0 Å². The van der Waals surface area contributed by atoms with Crippen molar-refractivity contribution in [3.8, 4) is 0 Å². The summed E-state index contributed by atoms with van der Waals surface area (Å²) in [5, 5.41) is 0. The van der Waals surface area contributed by atoms with Crippen molar-refractivity contribution < 1.29 is 4.79 Å². The van der Waals surface area contributed by atoms with Gasteiger partial charge in [0.15, 0.2) is 0 Å². The van der Waals surface area contributed by atoms with Gasteiger partial charge in [-0.05, 0) is 42.6 Å². The molecule has 2 fully saturated rings. The summed E-state index contributed by atoms with van der Waals surface area (Å²) in [5.41, 5.74) is 1.64. The molecule has 3 rings (SSSR count). The highest BCUT2D eigenvalue weighted by Crippen LogP contribution is 2.60. The molecule has 0 unspecified atom stereocenters. The number of piperidine rings is 1. The van der Waals surface area contributed by atoms with Crippen LogP contribution >= 0.6 is 0 Å². The van der Waals surface area contributed by atoms with E-state index in [-0.39, 0.29) is 5.54 Å². The largest absolute Gasteiger partial charge is 0.333 e. The number of rotatable bonds is 3. The van der Waals surface area contributed by atoms with Crippen molar-refractivity contribution in [3.63, 3.8) is 0 Å². The van der Waals surface area contributed by atoms with E-state index >= 15 is 0 Å². The van der Waals surface area contributed by atoms with Crippen molar-refractivity contribution in [2.75, 3.05) is 6.54 Å². The Hall–Kier alpha value is -1.31. The number of hydrogen-bond acceptors (Lipinski definition) is 1. The fourth-order valence-electron chi connectivity index (χ4n) is 4.25. The molecule has 0 radical (unpaired) electrons. The van der Waals surface area contributed by atoms with Gasteiger partial charge in [0.2, 0.25) is 5.91 Å². The van der Waals surface area contributed by atoms with Crippen LogP contribution in [0.4, 0.5) is 0 Å². The van der Waals surface area contributed by atoms with E-state index in [1.54, 1.807) is 0 Å². The van der Waals surface area contributed by atoms with Gasteiger partial charge in [0.25, 0.3) is 0 Å². The molecule has 0 N–H and O–H groups in total. The van der Waals surface area contributed by atoms with Crippen LogP contribution in [0.1, 0.15) is 58.4 Å². The molecule has 2 nitrogen and oxygen atoms in total. The Labute approximate surface area is 128 Å². The second-order valence-electron chi connectivity index (χ2n) is 7.56. The maximum absolute atomic E-state index is 12.5. The van der Waals surface area contributed by atoms with Crippen molar-refractivity contribution in [2.24, 2.45) is 11.3 Å². The first-order chi connectivity index (χ1) is 9.98. The van der Waals surface area contributed by atoms with E-state index in [0.29, 0.717) is 17.2 Å². The Morgan fingerprint density at radius 2 is 1.76 bits per heavy atom. The summed E-state index contributed by atoms with van der Waals surface area (Å²) in [6, 6.07) is 10.7. The van der Waals surface area contributed by atoms with Crippen LogP contribution < -0.4 is 0 Å². The van der Waals surface area contributed by atoms with Gasteiger partial charge in [0.1, 0.15) is 0 Å². The molecule has 1 heterocycles. The monoisotopic (exact) mass is 285 g/mol. The van der Waals surface area contributed by atoms with Crippen LogP contribution in [-0.2, 0) is 10.3 Å². The van der Waals surface area contributed by atoms with Crippen molar-refractivity contribution in [1.29, 1.82) is 0 Å². The molecule has 1 aromatic rings. The van der Waals surface area contributed by atoms with E-state index in [9.17, 15) is 4.79 Å². The van der Waals surface area contributed by atoms with E-state index in [2.05, 4.69) is 56.0 Å². The number of carbonyl (C=O) groups is 1. The standard InChI is InChI=1S/C19H27NO/c1-15(2)18(3)13-19(14-18,16-9-5-4-6-10-16)20-12-8-7-11-17(20)21/h4-6,9-10,15H,7-8,11-14H2,1-3H3. The highest BCUT2D eigenvalue weighted by Gasteiger charge is 2.58. The molecule has 2 aliphatic rings. The fraction of sp³-hybridized carbons (Fsp3) is 0.632. The molecule has 0 atom stereocenters. The van der Waals surface area contributed by atoms with Crippen LogP contribution in [-0.4, -0.2) is 17.4 Å². The van der Waals surface area contributed by atoms with Crippen LogP contribution in [0.15, 0.2) is 30.3 Å². The Balaban J connectivity index is 1.96. The fourth-order valence-corrected chi connectivity index (χ4v) is 4.25. The number of nitrogens with zero attached hydrogens (tertiary/aromatic N) is 1. The smallest absolute Gasteiger partial charge is 0.223 e. The van der Waals surface area contributed by atoms with Crippen molar-refractivity contribution >= 4 is 5.91 Å². The lowest BCUT2D eigenvalue weighted by molar-refractivity contribution is -0.160. The van der Waals surface area contributed by atoms with Gasteiger partial charge < -0.3 is 4.90 Å². The minimum atomic E-state index is -0.0439. The Bertz CT molecular complexity index is 514. The van der Waals surface area contributed by atoms with E-state index in [1.165, 1.54) is 5.56 Å². The molecular formula is C19H27NO. The van der Waals surface area contributed by atoms with Crippen molar-refractivity contribution in [2.45, 2.75) is 58.4 Å². The molecule has 1 aliphatic heterocycles. The van der Waals surface area contributed by atoms with Gasteiger partial charge in [-0.3, -0.25) is 4.79 Å². The summed E-state index contributed by atoms with van der Waals surface area (Å²) in [6.07, 6.45) is 5.15. The summed E-state index contributed by atoms with van der Waals surface area (Å²) < 4.78 is 0. The second-order valence-corrected chi connectivity index (χ2v) is 7.56. The first-order valence-electron chi connectivity index (χ1n) is 8.34. The van der Waals surface area contributed by atoms with Crippen LogP contribution in [0.25, 0.3) is 0 Å². The maximum atomic E-state index is 12.5. The van der Waals surface area contributed by atoms with Gasteiger partial charge >= 0.3 is 0 Å². The molecule has 1 aliphatic carbocycles. The highest BCUT2D eigenvalue weighted by atomic mass is 16.2. The zero-order valence-corrected chi connectivity index (χ0v) is 13.6. The third kappa shape index (κ3) is 2.29. The molecule has 1 amide bonds. The van der Waals surface area contributed by atoms with Crippen molar-refractivity contribution in [1.82, 2.24) is 4.90 Å². The zero-order valence-electron chi connectivity index (χ0n) is 13.6. The predicted octanol–water partition coefficient (Wildman–Crippen LogP) is 4.35. The molecule has 1 aromatic carbocycles. The first-order valence-corrected chi connectivity index (χ1v) is 8.34. The molecular weight excluding hydrogens is 258 g/mol. The molecule has 0 bridgehead atoms. The quantitative estimate of drug-likeness (QED) is 0.808. The average Bonchev–Trinajstić information content (AvgIpc) is 2.45. The van der Waals surface area contributed by atoms with Crippen LogP contribution in [0.3, 0.4) is 0 Å². The summed E-state index contributed by atoms with van der Waals surface area (Å²) in [4.78, 5) is 14.7. The Kier molecular flexibility index (Phi) is 3.59. The van der Waals surface area contributed by atoms with Gasteiger partial charge in [-0.1, -0.05) is 51.1 Å². The summed E-state index contributed by atoms with van der Waals surface area (Å²) in [7, 11) is 0. The first kappa shape index (κ1) is 14.6. The van der Waals surface area contributed by atoms with Crippen LogP contribution in [0, 0.1) is 11.3 Å². The highest BCUT2D eigenvalue weighted by molar-refractivity contribution is 5.78. The van der Waals surface area contributed by atoms with Gasteiger partial charge in [-0.25, -0.2) is 0 Å². The normalized spacial score (nSPS) is 33.1. The minimum Gasteiger partial charge on any atom is -0.333 e. The Morgan fingerprint density at radius 1 is 1.10 bits per heavy atom. The summed E-state index contributed by atoms with van der Waals surface area (Å²) >= 11 is 0. The number of hydrogen-bond donors (Lipinski definition) is 0. The number of amides is 1. The third-order valence-electron chi connectivity index (χ3n) is 5.94. The van der Waals surface area contributed by atoms with Gasteiger partial charge in [-0.15, -0.1) is 0 Å². The lowest BCUT2D eigenvalue weighted by Gasteiger charge is -2.62. The van der Waals surface area contributed by atoms with Crippen LogP contribution in [0.5, 0.6) is 0 Å². The number of likely N-dealkylation sites (tertiary alicyclic amines) is 1. The number of benzene rings is 1. The zero-order chi connectivity index (χ0) is 15.1. The lowest BCUT2D eigenvalue weighted by Crippen LogP contribution is -2.62. The molecule has 1 saturated carbocycles. The minimum absolute atomic E-state index is 0.0439. The molecule has 0 aromatic heterocycles. The predicted molar refractivity (Wildman–Crippen MR) is 85.9 cm³/mol.